The van der Waals surface area contributed by atoms with E-state index in [-0.39, 0.29) is 0 Å². The third-order valence-corrected chi connectivity index (χ3v) is 3.17. The maximum Gasteiger partial charge on any atom is 0.203 e. The number of fused-ring (bicyclic) bond motifs is 1. The molecule has 0 amide bonds. The van der Waals surface area contributed by atoms with Crippen molar-refractivity contribution >= 4 is 23.1 Å². The summed E-state index contributed by atoms with van der Waals surface area (Å²) in [6.07, 6.45) is 7.42. The minimum atomic E-state index is 0.565. The Morgan fingerprint density at radius 2 is 2.41 bits per heavy atom. The maximum atomic E-state index is 5.76. The molecule has 0 bridgehead atoms. The van der Waals surface area contributed by atoms with E-state index < -0.39 is 0 Å². The number of alkyl halides is 1. The number of nitrogens with zero attached hydrogens (tertiary/aromatic N) is 4. The summed E-state index contributed by atoms with van der Waals surface area (Å²) in [5.41, 5.74) is 0.762. The normalized spacial score (nSPS) is 12.8. The lowest BCUT2D eigenvalue weighted by molar-refractivity contribution is 0.572. The minimum Gasteiger partial charge on any atom is -0.367 e. The van der Waals surface area contributed by atoms with Crippen LogP contribution in [0.2, 0.25) is 0 Å². The van der Waals surface area contributed by atoms with Gasteiger partial charge in [0.2, 0.25) is 5.65 Å². The largest absolute Gasteiger partial charge is 0.367 e. The summed E-state index contributed by atoms with van der Waals surface area (Å²) < 4.78 is 1.84. The minimum absolute atomic E-state index is 0.565. The van der Waals surface area contributed by atoms with E-state index in [1.165, 1.54) is 0 Å². The summed E-state index contributed by atoms with van der Waals surface area (Å²) in [6, 6.07) is 0. The van der Waals surface area contributed by atoms with Crippen LogP contribution in [0, 0.1) is 5.92 Å². The van der Waals surface area contributed by atoms with Crippen LogP contribution in [-0.2, 0) is 0 Å². The van der Waals surface area contributed by atoms with Gasteiger partial charge in [0.25, 0.3) is 0 Å². The number of halogens is 1. The molecule has 2 aromatic rings. The molecule has 0 aromatic carbocycles. The molecule has 0 fully saturated rings. The zero-order valence-electron chi connectivity index (χ0n) is 9.80. The summed E-state index contributed by atoms with van der Waals surface area (Å²) in [6.45, 7) is 3.03. The molecule has 17 heavy (non-hydrogen) atoms. The quantitative estimate of drug-likeness (QED) is 0.633. The molecule has 6 heteroatoms. The summed E-state index contributed by atoms with van der Waals surface area (Å²) in [7, 11) is 0. The zero-order chi connectivity index (χ0) is 12.1. The van der Waals surface area contributed by atoms with Crippen molar-refractivity contribution in [1.82, 2.24) is 19.6 Å². The van der Waals surface area contributed by atoms with E-state index in [0.717, 1.165) is 36.7 Å². The van der Waals surface area contributed by atoms with Gasteiger partial charge in [-0.1, -0.05) is 6.92 Å². The average Bonchev–Trinajstić information content (AvgIpc) is 2.83. The van der Waals surface area contributed by atoms with E-state index in [9.17, 15) is 0 Å². The lowest BCUT2D eigenvalue weighted by atomic mass is 10.1. The molecule has 0 spiro atoms. The summed E-state index contributed by atoms with van der Waals surface area (Å²) in [5, 5.41) is 11.1. The van der Waals surface area contributed by atoms with Gasteiger partial charge in [-0.2, -0.15) is 0 Å². The van der Waals surface area contributed by atoms with Crippen molar-refractivity contribution in [2.45, 2.75) is 19.8 Å². The van der Waals surface area contributed by atoms with E-state index in [0.29, 0.717) is 5.92 Å². The van der Waals surface area contributed by atoms with Crippen molar-refractivity contribution in [2.75, 3.05) is 17.7 Å². The number of rotatable bonds is 6. The monoisotopic (exact) mass is 253 g/mol. The van der Waals surface area contributed by atoms with Gasteiger partial charge in [0.1, 0.15) is 6.33 Å². The molecule has 0 aliphatic carbocycles. The van der Waals surface area contributed by atoms with Crippen molar-refractivity contribution in [3.8, 4) is 0 Å². The second-order valence-corrected chi connectivity index (χ2v) is 4.47. The molecule has 0 saturated heterocycles. The first-order valence-corrected chi connectivity index (χ1v) is 6.29. The molecular weight excluding hydrogens is 238 g/mol. The highest BCUT2D eigenvalue weighted by Gasteiger charge is 2.04. The summed E-state index contributed by atoms with van der Waals surface area (Å²) in [5.74, 6) is 2.07. The topological polar surface area (TPSA) is 55.1 Å². The Morgan fingerprint density at radius 3 is 3.24 bits per heavy atom. The number of hydrogen-bond donors (Lipinski definition) is 1. The predicted octanol–water partition coefficient (Wildman–Crippen LogP) is 2.19. The first-order valence-electron chi connectivity index (χ1n) is 5.75. The van der Waals surface area contributed by atoms with Crippen LogP contribution < -0.4 is 5.32 Å². The van der Waals surface area contributed by atoms with Gasteiger partial charge in [-0.3, -0.25) is 4.40 Å². The van der Waals surface area contributed by atoms with Crippen molar-refractivity contribution in [3.05, 3.63) is 18.7 Å². The summed E-state index contributed by atoms with van der Waals surface area (Å²) in [4.78, 5) is 4.26. The molecule has 0 saturated carbocycles. The Hall–Kier alpha value is -1.36. The molecule has 5 nitrogen and oxygen atoms in total. The third-order valence-electron chi connectivity index (χ3n) is 2.65. The fraction of sp³-hybridized carbons (Fsp3) is 0.545. The molecule has 0 aliphatic rings. The Morgan fingerprint density at radius 1 is 1.53 bits per heavy atom. The van der Waals surface area contributed by atoms with Crippen LogP contribution in [-0.4, -0.2) is 32.0 Å². The number of anilines is 1. The Labute approximate surface area is 105 Å². The Balaban J connectivity index is 1.88. The SMILES string of the molecule is CC(CCl)CCCNc1nccn2cnnc12. The van der Waals surface area contributed by atoms with Gasteiger partial charge in [0.15, 0.2) is 5.82 Å². The van der Waals surface area contributed by atoms with Crippen LogP contribution in [0.1, 0.15) is 19.8 Å². The van der Waals surface area contributed by atoms with Crippen molar-refractivity contribution in [3.63, 3.8) is 0 Å². The van der Waals surface area contributed by atoms with Crippen LogP contribution >= 0.6 is 11.6 Å². The van der Waals surface area contributed by atoms with Gasteiger partial charge in [-0.15, -0.1) is 21.8 Å². The first-order chi connectivity index (χ1) is 8.31. The van der Waals surface area contributed by atoms with E-state index >= 15 is 0 Å². The third kappa shape index (κ3) is 3.06. The number of hydrogen-bond acceptors (Lipinski definition) is 4. The average molecular weight is 254 g/mol. The number of nitrogens with one attached hydrogen (secondary N) is 1. The van der Waals surface area contributed by atoms with Gasteiger partial charge in [-0.05, 0) is 18.8 Å². The molecular formula is C11H16ClN5. The highest BCUT2D eigenvalue weighted by Crippen LogP contribution is 2.11. The zero-order valence-corrected chi connectivity index (χ0v) is 10.6. The maximum absolute atomic E-state index is 5.76. The molecule has 1 unspecified atom stereocenters. The van der Waals surface area contributed by atoms with Crippen LogP contribution in [0.15, 0.2) is 18.7 Å². The van der Waals surface area contributed by atoms with Gasteiger partial charge in [-0.25, -0.2) is 4.98 Å². The van der Waals surface area contributed by atoms with Crippen molar-refractivity contribution in [2.24, 2.45) is 5.92 Å². The van der Waals surface area contributed by atoms with E-state index in [1.807, 2.05) is 10.6 Å². The lowest BCUT2D eigenvalue weighted by Crippen LogP contribution is -2.07. The smallest absolute Gasteiger partial charge is 0.203 e. The van der Waals surface area contributed by atoms with Crippen LogP contribution in [0.3, 0.4) is 0 Å². The first kappa shape index (κ1) is 12.1. The van der Waals surface area contributed by atoms with Crippen LogP contribution in [0.4, 0.5) is 5.82 Å². The van der Waals surface area contributed by atoms with Gasteiger partial charge >= 0.3 is 0 Å². The van der Waals surface area contributed by atoms with Gasteiger partial charge < -0.3 is 5.32 Å². The predicted molar refractivity (Wildman–Crippen MR) is 68.4 cm³/mol. The van der Waals surface area contributed by atoms with Crippen molar-refractivity contribution in [1.29, 1.82) is 0 Å². The molecule has 92 valence electrons. The fourth-order valence-electron chi connectivity index (χ4n) is 1.62. The molecule has 2 aromatic heterocycles. The van der Waals surface area contributed by atoms with E-state index in [2.05, 4.69) is 27.4 Å². The van der Waals surface area contributed by atoms with Crippen molar-refractivity contribution < 1.29 is 0 Å². The molecule has 0 radical (unpaired) electrons. The van der Waals surface area contributed by atoms with Gasteiger partial charge in [0.05, 0.1) is 0 Å². The second kappa shape index (κ2) is 5.82. The number of aromatic nitrogens is 4. The standard InChI is InChI=1S/C11H16ClN5/c1-9(7-12)3-2-4-13-10-11-16-15-8-17(11)6-5-14-10/h5-6,8-9H,2-4,7H2,1H3,(H,13,14). The molecule has 1 atom stereocenters. The Bertz CT molecular complexity index is 470. The molecule has 2 heterocycles. The fourth-order valence-corrected chi connectivity index (χ4v) is 1.77. The van der Waals surface area contributed by atoms with Crippen LogP contribution in [0.5, 0.6) is 0 Å². The molecule has 2 rings (SSSR count). The van der Waals surface area contributed by atoms with Gasteiger partial charge in [0, 0.05) is 24.8 Å². The van der Waals surface area contributed by atoms with E-state index in [1.54, 1.807) is 12.5 Å². The lowest BCUT2D eigenvalue weighted by Gasteiger charge is -2.08. The summed E-state index contributed by atoms with van der Waals surface area (Å²) >= 11 is 5.76. The Kier molecular flexibility index (Phi) is 4.14. The van der Waals surface area contributed by atoms with E-state index in [4.69, 9.17) is 11.6 Å². The van der Waals surface area contributed by atoms with Crippen LogP contribution in [0.25, 0.3) is 5.65 Å². The molecule has 1 N–H and O–H groups in total. The molecule has 0 aliphatic heterocycles. The second-order valence-electron chi connectivity index (χ2n) is 4.17. The highest BCUT2D eigenvalue weighted by atomic mass is 35.5. The highest BCUT2D eigenvalue weighted by molar-refractivity contribution is 6.18.